The van der Waals surface area contributed by atoms with E-state index in [1.54, 1.807) is 102 Å². The summed E-state index contributed by atoms with van der Waals surface area (Å²) < 4.78 is 178. The van der Waals surface area contributed by atoms with Gasteiger partial charge in [0.2, 0.25) is 0 Å². The average Bonchev–Trinajstić information content (AvgIpc) is 0.857. The van der Waals surface area contributed by atoms with Gasteiger partial charge >= 0.3 is 20.1 Å². The Kier molecular flexibility index (Phi) is 9.19. The summed E-state index contributed by atoms with van der Waals surface area (Å²) in [6.07, 6.45) is -21.8. The van der Waals surface area contributed by atoms with Gasteiger partial charge < -0.3 is 19.4 Å². The first-order valence-electron chi connectivity index (χ1n) is 30.6. The van der Waals surface area contributed by atoms with Crippen LogP contribution in [0.5, 0.6) is 0 Å². The van der Waals surface area contributed by atoms with E-state index in [0.717, 1.165) is 36.8 Å². The molecule has 340 valence electrons. The molecule has 0 aliphatic heterocycles. The molecule has 0 saturated carbocycles. The Morgan fingerprint density at radius 2 is 1.12 bits per heavy atom. The van der Waals surface area contributed by atoms with Crippen molar-refractivity contribution in [2.24, 2.45) is 10.8 Å². The molecule has 0 saturated heterocycles. The summed E-state index contributed by atoms with van der Waals surface area (Å²) in [7, 11) is 0. The third kappa shape index (κ3) is 11.8. The van der Waals surface area contributed by atoms with E-state index in [2.05, 4.69) is 33.2 Å². The molecular weight excluding hydrogens is 1010 g/mol. The summed E-state index contributed by atoms with van der Waals surface area (Å²) in [4.78, 5) is 13.4. The van der Waals surface area contributed by atoms with Gasteiger partial charge in [-0.2, -0.15) is 5.26 Å². The largest absolute Gasteiger partial charge is 3.00 e. The van der Waals surface area contributed by atoms with Crippen molar-refractivity contribution in [3.05, 3.63) is 208 Å². The molecule has 9 aromatic rings. The maximum atomic E-state index is 9.84. The number of nitriles is 1. The van der Waals surface area contributed by atoms with Crippen molar-refractivity contribution in [2.75, 3.05) is 0 Å². The summed E-state index contributed by atoms with van der Waals surface area (Å²) >= 11 is 0. The molecule has 4 heterocycles. The quantitative estimate of drug-likeness (QED) is 0.101. The number of hydrogen-bond donors (Lipinski definition) is 0. The van der Waals surface area contributed by atoms with E-state index in [4.69, 9.17) is 7.16 Å². The maximum absolute atomic E-state index is 9.84. The Morgan fingerprint density at radius 3 is 1.62 bits per heavy atom. The first-order chi connectivity index (χ1) is 39.3. The van der Waals surface area contributed by atoms with Crippen molar-refractivity contribution in [1.29, 1.82) is 5.26 Å². The fourth-order valence-electron chi connectivity index (χ4n) is 7.27. The summed E-state index contributed by atoms with van der Waals surface area (Å²) in [6, 6.07) is 36.1. The predicted molar refractivity (Wildman–Crippen MR) is 273 cm³/mol. The molecule has 68 heavy (non-hydrogen) atoms. The fraction of sp³-hybridized carbons (Fsp3) is 0.258. The number of pyridine rings is 3. The van der Waals surface area contributed by atoms with Gasteiger partial charge in [-0.1, -0.05) is 101 Å². The van der Waals surface area contributed by atoms with E-state index >= 15 is 0 Å². The number of furan rings is 1. The number of fused-ring (bicyclic) bond motifs is 3. The van der Waals surface area contributed by atoms with Crippen LogP contribution in [0.1, 0.15) is 116 Å². The van der Waals surface area contributed by atoms with Gasteiger partial charge in [0, 0.05) is 45.9 Å². The molecule has 0 amide bonds. The smallest absolute Gasteiger partial charge is 0.501 e. The molecule has 0 aliphatic carbocycles. The van der Waals surface area contributed by atoms with Crippen LogP contribution in [0.4, 0.5) is 0 Å². The van der Waals surface area contributed by atoms with Crippen molar-refractivity contribution in [2.45, 2.75) is 92.5 Å². The Bertz CT molecular complexity index is 3940. The predicted octanol–water partition coefficient (Wildman–Crippen LogP) is 14.6. The number of nitrogens with zero attached hydrogens (tertiary/aromatic N) is 4. The summed E-state index contributed by atoms with van der Waals surface area (Å²) in [6.45, 7) is 9.49. The summed E-state index contributed by atoms with van der Waals surface area (Å²) in [5, 5.41) is 10.5. The molecule has 6 heteroatoms. The molecule has 5 nitrogen and oxygen atoms in total. The minimum absolute atomic E-state index is 0. The minimum Gasteiger partial charge on any atom is -0.501 e. The van der Waals surface area contributed by atoms with Crippen LogP contribution in [0, 0.1) is 40.4 Å². The number of rotatable bonds is 14. The third-order valence-electron chi connectivity index (χ3n) is 10.2. The van der Waals surface area contributed by atoms with Gasteiger partial charge in [-0.05, 0) is 135 Å². The van der Waals surface area contributed by atoms with Crippen LogP contribution in [0.15, 0.2) is 144 Å². The van der Waals surface area contributed by atoms with E-state index in [1.807, 2.05) is 6.07 Å². The molecule has 0 radical (unpaired) electrons. The normalized spacial score (nSPS) is 17.3. The minimum atomic E-state index is -3.44. The molecular formula is C62H57IrN4O. The Labute approximate surface area is 441 Å². The topological polar surface area (TPSA) is 75.6 Å². The van der Waals surface area contributed by atoms with Gasteiger partial charge in [-0.25, -0.2) is 0 Å². The monoisotopic (exact) mass is 1080 g/mol. The zero-order valence-electron chi connectivity index (χ0n) is 56.2. The van der Waals surface area contributed by atoms with E-state index in [9.17, 15) is 27.2 Å². The Balaban J connectivity index is 0.00000961. The van der Waals surface area contributed by atoms with Crippen LogP contribution in [0.3, 0.4) is 0 Å². The van der Waals surface area contributed by atoms with Crippen molar-refractivity contribution in [1.82, 2.24) is 15.0 Å². The van der Waals surface area contributed by atoms with Crippen LogP contribution >= 0.6 is 0 Å². The van der Waals surface area contributed by atoms with Gasteiger partial charge in [0.05, 0.1) is 20.0 Å². The van der Waals surface area contributed by atoms with Gasteiger partial charge in [-0.15, -0.1) is 90.0 Å². The van der Waals surface area contributed by atoms with E-state index < -0.39 is 89.6 Å². The second-order valence-electron chi connectivity index (χ2n) is 17.9. The second kappa shape index (κ2) is 20.8. The number of benzene rings is 5. The van der Waals surface area contributed by atoms with Gasteiger partial charge in [0.1, 0.15) is 5.58 Å². The third-order valence-corrected chi connectivity index (χ3v) is 10.2. The van der Waals surface area contributed by atoms with E-state index in [0.29, 0.717) is 21.9 Å². The van der Waals surface area contributed by atoms with Gasteiger partial charge in [-0.3, -0.25) is 0 Å². The summed E-state index contributed by atoms with van der Waals surface area (Å²) in [5.41, 5.74) is -5.36. The zero-order valence-corrected chi connectivity index (χ0v) is 40.5. The van der Waals surface area contributed by atoms with Crippen molar-refractivity contribution < 1.29 is 49.2 Å². The molecule has 0 bridgehead atoms. The van der Waals surface area contributed by atoms with Crippen LogP contribution in [-0.2, 0) is 71.1 Å². The second-order valence-corrected chi connectivity index (χ2v) is 17.9. The Hall–Kier alpha value is -6.51. The first kappa shape index (κ1) is 30.1. The Morgan fingerprint density at radius 1 is 0.574 bits per heavy atom. The molecule has 9 rings (SSSR count). The molecule has 4 aromatic heterocycles. The average molecular weight is 1080 g/mol. The summed E-state index contributed by atoms with van der Waals surface area (Å²) in [5.74, 6) is 0. The maximum Gasteiger partial charge on any atom is 3.00 e. The molecule has 0 unspecified atom stereocenters. The van der Waals surface area contributed by atoms with Gasteiger partial charge in [0.15, 0.2) is 0 Å². The molecule has 0 N–H and O–H groups in total. The fourth-order valence-corrected chi connectivity index (χ4v) is 7.27. The number of aryl methyl sites for hydroxylation is 6. The number of aromatic nitrogens is 3. The van der Waals surface area contributed by atoms with Crippen molar-refractivity contribution in [3.8, 4) is 39.8 Å². The molecule has 5 aromatic carbocycles. The van der Waals surface area contributed by atoms with Crippen molar-refractivity contribution in [3.63, 3.8) is 0 Å². The molecule has 0 fully saturated rings. The van der Waals surface area contributed by atoms with Crippen LogP contribution in [-0.4, -0.2) is 15.0 Å². The SMILES string of the molecule is [2H]c1cc2c(oc3c(-c4ccc(C([2H])([2H])C([2H])([2H])c5cc(C([2H])([2H])C([2H])([2H])c6cnc(-c7[c-]cccc7)cc6C([2H])([2H])C(C)(C)C)cc(C([2H])([2H])C([2H])([2H])c6cnc(-c7[c-]cccc7)cc6C([2H])([2H])C(C)(C)C)c5)cn4)[c-]ccc32)c([2H])c1C#N.[Ir+3]. The van der Waals surface area contributed by atoms with E-state index in [-0.39, 0.29) is 88.3 Å². The molecule has 0 atom stereocenters. The first-order valence-corrected chi connectivity index (χ1v) is 21.6. The number of hydrogen-bond acceptors (Lipinski definition) is 5. The van der Waals surface area contributed by atoms with Crippen LogP contribution in [0.2, 0.25) is 0 Å². The van der Waals surface area contributed by atoms with Crippen molar-refractivity contribution >= 4 is 21.9 Å². The molecule has 0 aliphatic rings. The zero-order chi connectivity index (χ0) is 62.6. The standard InChI is InChI=1S/C62H57N4O.Ir/c1-61(2,3)36-51-34-57(47-14-9-7-10-15-47)65-40-49(51)26-22-44-30-43(31-45(32-44)23-27-50-41-66-58(48-16-11-8-12-17-48)35-52(50)37-62(4,5)6)21-20-42-25-29-56(64-39-42)55-19-13-18-54-53-28-24-46(38-63)33-59(53)67-60(54)55;/h7-14,16,18,24-25,28-35,39-41H,20-23,26-27,36-37H2,1-6H3;/q-3;+3/i20D2,21D2,22D2,23D2,24D,26D2,27D2,33D,36D2,37D2;. The van der Waals surface area contributed by atoms with Crippen LogP contribution in [0.25, 0.3) is 55.7 Å². The van der Waals surface area contributed by atoms with E-state index in [1.165, 1.54) is 30.3 Å². The molecule has 0 spiro atoms. The van der Waals surface area contributed by atoms with Gasteiger partial charge in [0.25, 0.3) is 0 Å². The van der Waals surface area contributed by atoms with Crippen LogP contribution < -0.4 is 0 Å².